The Bertz CT molecular complexity index is 585. The normalized spacial score (nSPS) is 9.81. The first-order valence-electron chi connectivity index (χ1n) is 7.07. The van der Waals surface area contributed by atoms with Crippen LogP contribution < -0.4 is 0 Å². The van der Waals surface area contributed by atoms with Crippen molar-refractivity contribution in [3.8, 4) is 0 Å². The SMILES string of the molecule is C=Cc1ccco1.CC(c1ccccc1)c1ccccc1. The Morgan fingerprint density at radius 1 is 0.810 bits per heavy atom. The molecule has 0 saturated carbocycles. The highest BCUT2D eigenvalue weighted by atomic mass is 16.3. The molecule has 1 heteroatoms. The Hall–Kier alpha value is -2.54. The third-order valence-corrected chi connectivity index (χ3v) is 3.34. The molecular weight excluding hydrogens is 256 g/mol. The van der Waals surface area contributed by atoms with Gasteiger partial charge in [0.15, 0.2) is 0 Å². The molecule has 1 nitrogen and oxygen atoms in total. The molecule has 0 saturated heterocycles. The lowest BCUT2D eigenvalue weighted by molar-refractivity contribution is 0.557. The van der Waals surface area contributed by atoms with Crippen molar-refractivity contribution in [2.45, 2.75) is 12.8 Å². The highest BCUT2D eigenvalue weighted by molar-refractivity contribution is 5.38. The molecule has 3 aromatic rings. The first kappa shape index (κ1) is 14.9. The Morgan fingerprint density at radius 3 is 1.67 bits per heavy atom. The maximum atomic E-state index is 4.86. The van der Waals surface area contributed by atoms with Crippen molar-refractivity contribution in [2.24, 2.45) is 0 Å². The molecule has 2 aromatic carbocycles. The summed E-state index contributed by atoms with van der Waals surface area (Å²) in [6.45, 7) is 5.75. The van der Waals surface area contributed by atoms with E-state index in [-0.39, 0.29) is 0 Å². The lowest BCUT2D eigenvalue weighted by Gasteiger charge is -2.11. The Balaban J connectivity index is 0.000000194. The van der Waals surface area contributed by atoms with Crippen LogP contribution in [0.15, 0.2) is 90.1 Å². The van der Waals surface area contributed by atoms with Crippen LogP contribution in [0.5, 0.6) is 0 Å². The molecule has 0 bridgehead atoms. The minimum absolute atomic E-state index is 0.484. The van der Waals surface area contributed by atoms with Crippen LogP contribution in [-0.2, 0) is 0 Å². The van der Waals surface area contributed by atoms with Gasteiger partial charge in [0.2, 0.25) is 0 Å². The van der Waals surface area contributed by atoms with E-state index in [1.165, 1.54) is 11.1 Å². The summed E-state index contributed by atoms with van der Waals surface area (Å²) in [5, 5.41) is 0. The van der Waals surface area contributed by atoms with Crippen LogP contribution in [0.25, 0.3) is 6.08 Å². The van der Waals surface area contributed by atoms with Crippen molar-refractivity contribution in [3.05, 3.63) is 103 Å². The average Bonchev–Trinajstić information content (AvgIpc) is 3.10. The molecule has 0 aliphatic rings. The maximum absolute atomic E-state index is 4.86. The maximum Gasteiger partial charge on any atom is 0.126 e. The van der Waals surface area contributed by atoms with Crippen LogP contribution in [-0.4, -0.2) is 0 Å². The standard InChI is InChI=1S/C14H14.C6H6O/c1-12(13-8-4-2-5-9-13)14-10-6-3-7-11-14;1-2-6-4-3-5-7-6/h2-12H,1H3;2-5H,1H2. The number of benzene rings is 2. The van der Waals surface area contributed by atoms with Crippen molar-refractivity contribution in [2.75, 3.05) is 0 Å². The van der Waals surface area contributed by atoms with Crippen LogP contribution in [0, 0.1) is 0 Å². The van der Waals surface area contributed by atoms with Crippen molar-refractivity contribution >= 4 is 6.08 Å². The van der Waals surface area contributed by atoms with Crippen molar-refractivity contribution in [1.82, 2.24) is 0 Å². The molecule has 0 atom stereocenters. The van der Waals surface area contributed by atoms with Crippen molar-refractivity contribution in [1.29, 1.82) is 0 Å². The van der Waals surface area contributed by atoms with Gasteiger partial charge in [-0.05, 0) is 29.3 Å². The molecule has 1 heterocycles. The predicted molar refractivity (Wildman–Crippen MR) is 89.2 cm³/mol. The van der Waals surface area contributed by atoms with Gasteiger partial charge in [-0.15, -0.1) is 0 Å². The van der Waals surface area contributed by atoms with Gasteiger partial charge in [0.25, 0.3) is 0 Å². The zero-order valence-corrected chi connectivity index (χ0v) is 12.3. The first-order chi connectivity index (χ1) is 10.3. The van der Waals surface area contributed by atoms with E-state index in [1.807, 2.05) is 12.1 Å². The van der Waals surface area contributed by atoms with E-state index in [4.69, 9.17) is 4.42 Å². The van der Waals surface area contributed by atoms with Gasteiger partial charge >= 0.3 is 0 Å². The molecule has 106 valence electrons. The topological polar surface area (TPSA) is 13.1 Å². The molecule has 0 amide bonds. The third-order valence-electron chi connectivity index (χ3n) is 3.34. The number of hydrogen-bond donors (Lipinski definition) is 0. The number of furan rings is 1. The first-order valence-corrected chi connectivity index (χ1v) is 7.07. The summed E-state index contributed by atoms with van der Waals surface area (Å²) in [5.41, 5.74) is 2.75. The van der Waals surface area contributed by atoms with Gasteiger partial charge in [-0.2, -0.15) is 0 Å². The minimum atomic E-state index is 0.484. The fraction of sp³-hybridized carbons (Fsp3) is 0.100. The Labute approximate surface area is 126 Å². The number of rotatable bonds is 3. The average molecular weight is 276 g/mol. The molecule has 0 radical (unpaired) electrons. The second kappa shape index (κ2) is 7.91. The molecular formula is C20H20O. The zero-order chi connectivity index (χ0) is 14.9. The minimum Gasteiger partial charge on any atom is -0.465 e. The fourth-order valence-electron chi connectivity index (χ4n) is 2.08. The van der Waals surface area contributed by atoms with E-state index in [9.17, 15) is 0 Å². The summed E-state index contributed by atoms with van der Waals surface area (Å²) in [7, 11) is 0. The van der Waals surface area contributed by atoms with Gasteiger partial charge in [-0.3, -0.25) is 0 Å². The zero-order valence-electron chi connectivity index (χ0n) is 12.3. The van der Waals surface area contributed by atoms with Gasteiger partial charge in [-0.1, -0.05) is 74.2 Å². The van der Waals surface area contributed by atoms with Crippen molar-refractivity contribution < 1.29 is 4.42 Å². The summed E-state index contributed by atoms with van der Waals surface area (Å²) in [6.07, 6.45) is 3.29. The molecule has 0 N–H and O–H groups in total. The molecule has 3 rings (SSSR count). The summed E-state index contributed by atoms with van der Waals surface area (Å²) in [6, 6.07) is 24.9. The second-order valence-electron chi connectivity index (χ2n) is 4.76. The molecule has 0 spiro atoms. The van der Waals surface area contributed by atoms with Gasteiger partial charge in [0, 0.05) is 5.92 Å². The largest absolute Gasteiger partial charge is 0.465 e. The highest BCUT2D eigenvalue weighted by Gasteiger charge is 2.05. The van der Waals surface area contributed by atoms with Crippen LogP contribution in [0.2, 0.25) is 0 Å². The van der Waals surface area contributed by atoms with Gasteiger partial charge in [0.1, 0.15) is 5.76 Å². The van der Waals surface area contributed by atoms with Gasteiger partial charge in [-0.25, -0.2) is 0 Å². The van der Waals surface area contributed by atoms with Gasteiger partial charge < -0.3 is 4.42 Å². The van der Waals surface area contributed by atoms with E-state index in [0.717, 1.165) is 5.76 Å². The molecule has 0 fully saturated rings. The lowest BCUT2D eigenvalue weighted by atomic mass is 9.93. The van der Waals surface area contributed by atoms with E-state index >= 15 is 0 Å². The summed E-state index contributed by atoms with van der Waals surface area (Å²) >= 11 is 0. The Kier molecular flexibility index (Phi) is 5.60. The summed E-state index contributed by atoms with van der Waals surface area (Å²) in [5.74, 6) is 1.30. The number of hydrogen-bond acceptors (Lipinski definition) is 1. The van der Waals surface area contributed by atoms with Crippen LogP contribution >= 0.6 is 0 Å². The summed E-state index contributed by atoms with van der Waals surface area (Å²) in [4.78, 5) is 0. The summed E-state index contributed by atoms with van der Waals surface area (Å²) < 4.78 is 4.86. The van der Waals surface area contributed by atoms with Crippen LogP contribution in [0.1, 0.15) is 29.7 Å². The molecule has 1 aromatic heterocycles. The Morgan fingerprint density at radius 2 is 1.33 bits per heavy atom. The predicted octanol–water partition coefficient (Wildman–Crippen LogP) is 5.76. The van der Waals surface area contributed by atoms with E-state index in [0.29, 0.717) is 5.92 Å². The molecule has 0 aliphatic carbocycles. The van der Waals surface area contributed by atoms with Crippen LogP contribution in [0.4, 0.5) is 0 Å². The monoisotopic (exact) mass is 276 g/mol. The molecule has 0 aliphatic heterocycles. The van der Waals surface area contributed by atoms with E-state index in [2.05, 4.69) is 74.2 Å². The lowest BCUT2D eigenvalue weighted by Crippen LogP contribution is -1.94. The van der Waals surface area contributed by atoms with Crippen molar-refractivity contribution in [3.63, 3.8) is 0 Å². The molecule has 21 heavy (non-hydrogen) atoms. The quantitative estimate of drug-likeness (QED) is 0.592. The van der Waals surface area contributed by atoms with Crippen LogP contribution in [0.3, 0.4) is 0 Å². The second-order valence-corrected chi connectivity index (χ2v) is 4.76. The fourth-order valence-corrected chi connectivity index (χ4v) is 2.08. The smallest absolute Gasteiger partial charge is 0.126 e. The van der Waals surface area contributed by atoms with E-state index in [1.54, 1.807) is 12.3 Å². The van der Waals surface area contributed by atoms with Gasteiger partial charge in [0.05, 0.1) is 6.26 Å². The highest BCUT2D eigenvalue weighted by Crippen LogP contribution is 2.22. The third kappa shape index (κ3) is 4.50. The molecule has 0 unspecified atom stereocenters. The van der Waals surface area contributed by atoms with E-state index < -0.39 is 0 Å².